The minimum atomic E-state index is -2.01. The van der Waals surface area contributed by atoms with Crippen molar-refractivity contribution in [3.63, 3.8) is 0 Å². The normalized spacial score (nSPS) is 14.3. The maximum Gasteiger partial charge on any atom is 0.173 e. The maximum absolute atomic E-state index is 13.5. The maximum atomic E-state index is 13.5. The Hall–Kier alpha value is -3.16. The van der Waals surface area contributed by atoms with Crippen molar-refractivity contribution in [1.29, 1.82) is 0 Å². The van der Waals surface area contributed by atoms with E-state index in [1.54, 1.807) is 19.2 Å². The number of furan rings is 1. The number of halogens is 1. The second-order valence-electron chi connectivity index (χ2n) is 8.95. The first-order valence-electron chi connectivity index (χ1n) is 11.8. The van der Waals surface area contributed by atoms with E-state index in [4.69, 9.17) is 9.15 Å². The first-order chi connectivity index (χ1) is 17.0. The third-order valence-corrected chi connectivity index (χ3v) is 7.09. The van der Waals surface area contributed by atoms with Gasteiger partial charge in [-0.2, -0.15) is 0 Å². The zero-order valence-corrected chi connectivity index (χ0v) is 20.6. The van der Waals surface area contributed by atoms with Gasteiger partial charge >= 0.3 is 0 Å². The van der Waals surface area contributed by atoms with Gasteiger partial charge in [0, 0.05) is 34.8 Å². The fourth-order valence-corrected chi connectivity index (χ4v) is 5.16. The molecule has 1 aliphatic rings. The van der Waals surface area contributed by atoms with Crippen LogP contribution < -0.4 is 9.64 Å². The van der Waals surface area contributed by atoms with Gasteiger partial charge in [-0.15, -0.1) is 0 Å². The first kappa shape index (κ1) is 23.6. The molecule has 1 aliphatic carbocycles. The Labute approximate surface area is 206 Å². The molecule has 1 unspecified atom stereocenters. The standard InChI is InChI=1S/C28H28FNO4S/c1-3-23-25-14-24(19-6-7-19)26(15-27(25)34-28(23)20-8-10-21(29)11-9-20)30(17-35(31)32)16-18-4-12-22(33-2)13-5-18/h4-5,8-15,19H,3,6-7,16-17H2,1-2H3,(H,31,32). The number of methoxy groups -OCH3 is 1. The van der Waals surface area contributed by atoms with E-state index in [1.807, 2.05) is 35.2 Å². The lowest BCUT2D eigenvalue weighted by molar-refractivity contribution is 0.414. The molecular weight excluding hydrogens is 465 g/mol. The number of hydrogen-bond donors (Lipinski definition) is 1. The predicted molar refractivity (Wildman–Crippen MR) is 138 cm³/mol. The van der Waals surface area contributed by atoms with Gasteiger partial charge in [0.25, 0.3) is 0 Å². The van der Waals surface area contributed by atoms with Gasteiger partial charge in [-0.3, -0.25) is 0 Å². The highest BCUT2D eigenvalue weighted by atomic mass is 32.2. The number of rotatable bonds is 9. The van der Waals surface area contributed by atoms with Gasteiger partial charge in [-0.05, 0) is 78.8 Å². The summed E-state index contributed by atoms with van der Waals surface area (Å²) >= 11 is -2.01. The van der Waals surface area contributed by atoms with Gasteiger partial charge in [0.05, 0.1) is 7.11 Å². The molecule has 1 aromatic heterocycles. The molecule has 0 bridgehead atoms. The summed E-state index contributed by atoms with van der Waals surface area (Å²) in [5.41, 5.74) is 5.76. The van der Waals surface area contributed by atoms with Crippen LogP contribution in [0.3, 0.4) is 0 Å². The number of ether oxygens (including phenoxy) is 1. The molecule has 182 valence electrons. The SMILES string of the molecule is CCc1c(-c2ccc(F)cc2)oc2cc(N(Cc3ccc(OC)cc3)CS(=O)O)c(C3CC3)cc12. The third kappa shape index (κ3) is 4.97. The van der Waals surface area contributed by atoms with Crippen molar-refractivity contribution in [3.05, 3.63) is 83.2 Å². The summed E-state index contributed by atoms with van der Waals surface area (Å²) in [7, 11) is 1.63. The van der Waals surface area contributed by atoms with Gasteiger partial charge in [0.15, 0.2) is 11.1 Å². The number of aryl methyl sites for hydroxylation is 1. The van der Waals surface area contributed by atoms with E-state index < -0.39 is 11.1 Å². The number of anilines is 1. The predicted octanol–water partition coefficient (Wildman–Crippen LogP) is 6.87. The summed E-state index contributed by atoms with van der Waals surface area (Å²) in [6.45, 7) is 2.57. The molecule has 1 N–H and O–H groups in total. The Morgan fingerprint density at radius 2 is 1.83 bits per heavy atom. The van der Waals surface area contributed by atoms with Crippen LogP contribution in [-0.2, 0) is 24.0 Å². The third-order valence-electron chi connectivity index (χ3n) is 6.56. The van der Waals surface area contributed by atoms with Crippen LogP contribution in [0.25, 0.3) is 22.3 Å². The number of benzene rings is 3. The number of fused-ring (bicyclic) bond motifs is 1. The molecule has 35 heavy (non-hydrogen) atoms. The van der Waals surface area contributed by atoms with Crippen molar-refractivity contribution in [2.45, 2.75) is 38.6 Å². The van der Waals surface area contributed by atoms with Gasteiger partial charge in [0.2, 0.25) is 0 Å². The van der Waals surface area contributed by atoms with E-state index in [2.05, 4.69) is 13.0 Å². The second-order valence-corrected chi connectivity index (χ2v) is 9.85. The smallest absolute Gasteiger partial charge is 0.173 e. The van der Waals surface area contributed by atoms with E-state index in [9.17, 15) is 13.2 Å². The Balaban J connectivity index is 1.61. The van der Waals surface area contributed by atoms with Crippen LogP contribution >= 0.6 is 0 Å². The molecule has 5 nitrogen and oxygen atoms in total. The van der Waals surface area contributed by atoms with Crippen LogP contribution in [-0.4, -0.2) is 21.7 Å². The molecule has 0 radical (unpaired) electrons. The van der Waals surface area contributed by atoms with Crippen LogP contribution in [0.1, 0.15) is 42.4 Å². The van der Waals surface area contributed by atoms with E-state index in [1.165, 1.54) is 17.7 Å². The van der Waals surface area contributed by atoms with Crippen LogP contribution in [0.5, 0.6) is 5.75 Å². The lowest BCUT2D eigenvalue weighted by Crippen LogP contribution is -2.27. The minimum Gasteiger partial charge on any atom is -0.497 e. The monoisotopic (exact) mass is 493 g/mol. The van der Waals surface area contributed by atoms with Gasteiger partial charge in [-0.1, -0.05) is 19.1 Å². The Bertz CT molecular complexity index is 1360. The Kier molecular flexibility index (Phi) is 6.62. The zero-order valence-electron chi connectivity index (χ0n) is 19.8. The van der Waals surface area contributed by atoms with Crippen molar-refractivity contribution in [2.75, 3.05) is 17.9 Å². The quantitative estimate of drug-likeness (QED) is 0.258. The summed E-state index contributed by atoms with van der Waals surface area (Å²) in [5.74, 6) is 1.64. The fourth-order valence-electron chi connectivity index (χ4n) is 4.67. The van der Waals surface area contributed by atoms with Crippen LogP contribution in [0.15, 0.2) is 65.1 Å². The molecule has 3 aromatic carbocycles. The summed E-state index contributed by atoms with van der Waals surface area (Å²) in [6.07, 6.45) is 2.97. The molecule has 4 aromatic rings. The highest BCUT2D eigenvalue weighted by molar-refractivity contribution is 7.79. The van der Waals surface area contributed by atoms with Crippen LogP contribution in [0.2, 0.25) is 0 Å². The number of hydrogen-bond acceptors (Lipinski definition) is 4. The molecule has 1 heterocycles. The molecule has 1 saturated carbocycles. The van der Waals surface area contributed by atoms with Crippen molar-refractivity contribution in [1.82, 2.24) is 0 Å². The molecule has 5 rings (SSSR count). The Morgan fingerprint density at radius 3 is 2.43 bits per heavy atom. The minimum absolute atomic E-state index is 0.0105. The van der Waals surface area contributed by atoms with Crippen molar-refractivity contribution >= 4 is 27.7 Å². The Morgan fingerprint density at radius 1 is 1.11 bits per heavy atom. The van der Waals surface area contributed by atoms with E-state index >= 15 is 0 Å². The van der Waals surface area contributed by atoms with Gasteiger partial charge < -0.3 is 18.6 Å². The van der Waals surface area contributed by atoms with E-state index in [0.717, 1.165) is 64.1 Å². The molecular formula is C28H28FNO4S. The molecule has 7 heteroatoms. The highest BCUT2D eigenvalue weighted by Gasteiger charge is 2.30. The molecule has 0 amide bonds. The van der Waals surface area contributed by atoms with Gasteiger partial charge in [-0.25, -0.2) is 8.60 Å². The van der Waals surface area contributed by atoms with Crippen molar-refractivity contribution in [2.24, 2.45) is 0 Å². The summed E-state index contributed by atoms with van der Waals surface area (Å²) < 4.78 is 46.9. The van der Waals surface area contributed by atoms with Crippen molar-refractivity contribution < 1.29 is 22.3 Å². The summed E-state index contributed by atoms with van der Waals surface area (Å²) in [5, 5.41) is 1.05. The van der Waals surface area contributed by atoms with Gasteiger partial charge in [0.1, 0.15) is 28.8 Å². The average Bonchev–Trinajstić information content (AvgIpc) is 3.64. The molecule has 1 atom stereocenters. The second kappa shape index (κ2) is 9.84. The van der Waals surface area contributed by atoms with Crippen LogP contribution in [0, 0.1) is 5.82 Å². The topological polar surface area (TPSA) is 62.9 Å². The lowest BCUT2D eigenvalue weighted by atomic mass is 9.99. The fraction of sp³-hybridized carbons (Fsp3) is 0.286. The average molecular weight is 494 g/mol. The molecule has 0 saturated heterocycles. The molecule has 0 spiro atoms. The summed E-state index contributed by atoms with van der Waals surface area (Å²) in [6, 6.07) is 18.3. The molecule has 0 aliphatic heterocycles. The molecule has 1 fully saturated rings. The van der Waals surface area contributed by atoms with Crippen LogP contribution in [0.4, 0.5) is 10.1 Å². The van der Waals surface area contributed by atoms with E-state index in [-0.39, 0.29) is 11.7 Å². The number of nitrogens with zero attached hydrogens (tertiary/aromatic N) is 1. The summed E-state index contributed by atoms with van der Waals surface area (Å²) in [4.78, 5) is 1.96. The lowest BCUT2D eigenvalue weighted by Gasteiger charge is -2.26. The highest BCUT2D eigenvalue weighted by Crippen LogP contribution is 2.48. The van der Waals surface area contributed by atoms with Crippen molar-refractivity contribution in [3.8, 4) is 17.1 Å². The van der Waals surface area contributed by atoms with E-state index in [0.29, 0.717) is 12.5 Å². The first-order valence-corrected chi connectivity index (χ1v) is 13.0. The zero-order chi connectivity index (χ0) is 24.5. The largest absolute Gasteiger partial charge is 0.497 e.